The van der Waals surface area contributed by atoms with Crippen LogP contribution in [-0.2, 0) is 9.31 Å². The van der Waals surface area contributed by atoms with Gasteiger partial charge in [-0.2, -0.15) is 0 Å². The van der Waals surface area contributed by atoms with E-state index in [0.29, 0.717) is 12.1 Å². The van der Waals surface area contributed by atoms with Crippen molar-refractivity contribution in [3.05, 3.63) is 42.0 Å². The van der Waals surface area contributed by atoms with Gasteiger partial charge in [0.1, 0.15) is 0 Å². The van der Waals surface area contributed by atoms with Crippen molar-refractivity contribution < 1.29 is 14.1 Å². The average Bonchev–Trinajstić information content (AvgIpc) is 2.78. The molecule has 0 unspecified atom stereocenters. The van der Waals surface area contributed by atoms with Gasteiger partial charge < -0.3 is 19.9 Å². The minimum atomic E-state index is -0.406. The van der Waals surface area contributed by atoms with Crippen molar-refractivity contribution in [2.45, 2.75) is 52.2 Å². The molecular weight excluding hydrogens is 327 g/mol. The molecule has 0 aromatic heterocycles. The first-order valence-corrected chi connectivity index (χ1v) is 9.21. The predicted octanol–water partition coefficient (Wildman–Crippen LogP) is 2.27. The highest BCUT2D eigenvalue weighted by atomic mass is 16.7. The number of benzene rings is 1. The van der Waals surface area contributed by atoms with E-state index in [2.05, 4.69) is 17.2 Å². The molecular formula is C20H31BN2O3. The zero-order valence-electron chi connectivity index (χ0n) is 16.6. The molecule has 5 nitrogen and oxygen atoms in total. The van der Waals surface area contributed by atoms with E-state index in [4.69, 9.17) is 9.31 Å². The van der Waals surface area contributed by atoms with Crippen LogP contribution in [-0.4, -0.2) is 43.9 Å². The van der Waals surface area contributed by atoms with Gasteiger partial charge in [-0.3, -0.25) is 4.79 Å². The third-order valence-electron chi connectivity index (χ3n) is 4.94. The normalized spacial score (nSPS) is 18.0. The maximum Gasteiger partial charge on any atom is 0.494 e. The van der Waals surface area contributed by atoms with Gasteiger partial charge >= 0.3 is 7.12 Å². The molecule has 0 spiro atoms. The van der Waals surface area contributed by atoms with E-state index in [9.17, 15) is 4.79 Å². The summed E-state index contributed by atoms with van der Waals surface area (Å²) in [5.74, 6) is -0.0645. The maximum atomic E-state index is 12.2. The van der Waals surface area contributed by atoms with Crippen LogP contribution in [0.4, 0.5) is 0 Å². The van der Waals surface area contributed by atoms with Crippen molar-refractivity contribution in [2.75, 3.05) is 19.6 Å². The van der Waals surface area contributed by atoms with E-state index < -0.39 is 7.12 Å². The Kier molecular flexibility index (Phi) is 6.66. The molecule has 1 amide bonds. The molecule has 2 rings (SSSR count). The molecule has 1 fully saturated rings. The minimum Gasteiger partial charge on any atom is -0.399 e. The number of amides is 1. The molecule has 1 aliphatic rings. The number of carbonyl (C=O) groups is 1. The lowest BCUT2D eigenvalue weighted by Crippen LogP contribution is -2.41. The van der Waals surface area contributed by atoms with Gasteiger partial charge in [-0.05, 0) is 65.2 Å². The molecule has 1 saturated heterocycles. The second-order valence-corrected chi connectivity index (χ2v) is 7.95. The number of nitrogens with one attached hydrogen (secondary N) is 2. The van der Waals surface area contributed by atoms with Gasteiger partial charge in [0.15, 0.2) is 0 Å². The molecule has 0 saturated carbocycles. The van der Waals surface area contributed by atoms with E-state index in [1.165, 1.54) is 0 Å². The Labute approximate surface area is 157 Å². The topological polar surface area (TPSA) is 59.6 Å². The van der Waals surface area contributed by atoms with Crippen LogP contribution in [0.3, 0.4) is 0 Å². The van der Waals surface area contributed by atoms with Gasteiger partial charge in [-0.1, -0.05) is 24.3 Å². The molecule has 0 radical (unpaired) electrons. The van der Waals surface area contributed by atoms with Crippen LogP contribution in [0.5, 0.6) is 0 Å². The van der Waals surface area contributed by atoms with Crippen LogP contribution < -0.4 is 16.1 Å². The van der Waals surface area contributed by atoms with Gasteiger partial charge in [0.2, 0.25) is 0 Å². The third kappa shape index (κ3) is 5.19. The standard InChI is InChI=1S/C20H31BN2O3/c1-15(2)14-22-12-7-13-23-18(24)16-8-10-17(11-9-16)21-25-19(3,4)20(5,6)26-21/h8-11,22H,1,7,12-14H2,2-6H3,(H,23,24). The van der Waals surface area contributed by atoms with Gasteiger partial charge in [-0.25, -0.2) is 0 Å². The Morgan fingerprint density at radius 2 is 1.65 bits per heavy atom. The molecule has 1 aliphatic heterocycles. The Balaban J connectivity index is 1.82. The van der Waals surface area contributed by atoms with Crippen LogP contribution in [0.25, 0.3) is 0 Å². The van der Waals surface area contributed by atoms with E-state index in [0.717, 1.165) is 30.5 Å². The number of hydrogen-bond acceptors (Lipinski definition) is 4. The second kappa shape index (κ2) is 8.38. The van der Waals surface area contributed by atoms with Gasteiger partial charge in [-0.15, -0.1) is 0 Å². The van der Waals surface area contributed by atoms with Crippen molar-refractivity contribution in [1.82, 2.24) is 10.6 Å². The van der Waals surface area contributed by atoms with Crippen molar-refractivity contribution in [3.63, 3.8) is 0 Å². The first kappa shape index (κ1) is 20.7. The zero-order chi connectivity index (χ0) is 19.4. The van der Waals surface area contributed by atoms with Crippen molar-refractivity contribution in [2.24, 2.45) is 0 Å². The Morgan fingerprint density at radius 3 is 2.19 bits per heavy atom. The summed E-state index contributed by atoms with van der Waals surface area (Å²) in [4.78, 5) is 12.2. The van der Waals surface area contributed by atoms with Crippen LogP contribution >= 0.6 is 0 Å². The summed E-state index contributed by atoms with van der Waals surface area (Å²) >= 11 is 0. The number of carbonyl (C=O) groups excluding carboxylic acids is 1. The number of rotatable bonds is 8. The van der Waals surface area contributed by atoms with Crippen molar-refractivity contribution >= 4 is 18.5 Å². The molecule has 0 bridgehead atoms. The van der Waals surface area contributed by atoms with Crippen molar-refractivity contribution in [1.29, 1.82) is 0 Å². The Morgan fingerprint density at radius 1 is 1.08 bits per heavy atom. The lowest BCUT2D eigenvalue weighted by atomic mass is 9.79. The lowest BCUT2D eigenvalue weighted by molar-refractivity contribution is 0.00578. The second-order valence-electron chi connectivity index (χ2n) is 7.95. The quantitative estimate of drug-likeness (QED) is 0.425. The predicted molar refractivity (Wildman–Crippen MR) is 107 cm³/mol. The van der Waals surface area contributed by atoms with E-state index in [1.54, 1.807) is 0 Å². The van der Waals surface area contributed by atoms with E-state index >= 15 is 0 Å². The summed E-state index contributed by atoms with van der Waals surface area (Å²) in [5, 5.41) is 6.21. The first-order valence-electron chi connectivity index (χ1n) is 9.21. The monoisotopic (exact) mass is 358 g/mol. The molecule has 6 heteroatoms. The fraction of sp³-hybridized carbons (Fsp3) is 0.550. The molecule has 142 valence electrons. The molecule has 0 atom stereocenters. The summed E-state index contributed by atoms with van der Waals surface area (Å²) in [7, 11) is -0.406. The summed E-state index contributed by atoms with van der Waals surface area (Å²) in [6.07, 6.45) is 0.880. The summed E-state index contributed by atoms with van der Waals surface area (Å²) in [5.41, 5.74) is 1.93. The van der Waals surface area contributed by atoms with Gasteiger partial charge in [0.05, 0.1) is 11.2 Å². The van der Waals surface area contributed by atoms with E-state index in [-0.39, 0.29) is 17.1 Å². The smallest absolute Gasteiger partial charge is 0.399 e. The molecule has 0 aliphatic carbocycles. The van der Waals surface area contributed by atoms with Crippen LogP contribution in [0.1, 0.15) is 51.4 Å². The fourth-order valence-electron chi connectivity index (χ4n) is 2.59. The highest BCUT2D eigenvalue weighted by Gasteiger charge is 2.51. The zero-order valence-corrected chi connectivity index (χ0v) is 16.6. The summed E-state index contributed by atoms with van der Waals surface area (Å²) < 4.78 is 12.1. The summed E-state index contributed by atoms with van der Waals surface area (Å²) in [6, 6.07) is 7.42. The molecule has 2 N–H and O–H groups in total. The average molecular weight is 358 g/mol. The number of hydrogen-bond donors (Lipinski definition) is 2. The molecule has 1 aromatic rings. The Bertz CT molecular complexity index is 625. The van der Waals surface area contributed by atoms with Crippen molar-refractivity contribution in [3.8, 4) is 0 Å². The summed E-state index contributed by atoms with van der Waals surface area (Å²) in [6.45, 7) is 16.3. The lowest BCUT2D eigenvalue weighted by Gasteiger charge is -2.32. The third-order valence-corrected chi connectivity index (χ3v) is 4.94. The van der Waals surface area contributed by atoms with Crippen LogP contribution in [0.2, 0.25) is 0 Å². The largest absolute Gasteiger partial charge is 0.494 e. The van der Waals surface area contributed by atoms with Gasteiger partial charge in [0.25, 0.3) is 5.91 Å². The van der Waals surface area contributed by atoms with Gasteiger partial charge in [0, 0.05) is 18.7 Å². The fourth-order valence-corrected chi connectivity index (χ4v) is 2.59. The maximum absolute atomic E-state index is 12.2. The molecule has 1 heterocycles. The minimum absolute atomic E-state index is 0.0645. The van der Waals surface area contributed by atoms with E-state index in [1.807, 2.05) is 58.9 Å². The Hall–Kier alpha value is -1.63. The first-order chi connectivity index (χ1) is 12.1. The van der Waals surface area contributed by atoms with Crippen LogP contribution in [0.15, 0.2) is 36.4 Å². The SMILES string of the molecule is C=C(C)CNCCCNC(=O)c1ccc(B2OC(C)(C)C(C)(C)O2)cc1. The van der Waals surface area contributed by atoms with Crippen LogP contribution in [0, 0.1) is 0 Å². The molecule has 26 heavy (non-hydrogen) atoms. The highest BCUT2D eigenvalue weighted by molar-refractivity contribution is 6.62. The molecule has 1 aromatic carbocycles. The highest BCUT2D eigenvalue weighted by Crippen LogP contribution is 2.36.